The van der Waals surface area contributed by atoms with Crippen molar-refractivity contribution in [3.8, 4) is 0 Å². The number of carbonyl (C=O) groups is 2. The van der Waals surface area contributed by atoms with Gasteiger partial charge in [0.1, 0.15) is 5.82 Å². The van der Waals surface area contributed by atoms with Gasteiger partial charge in [0.2, 0.25) is 0 Å². The number of aryl methyl sites for hydroxylation is 1. The highest BCUT2D eigenvalue weighted by atomic mass is 35.5. The third-order valence-electron chi connectivity index (χ3n) is 5.85. The van der Waals surface area contributed by atoms with Crippen molar-refractivity contribution < 1.29 is 14.7 Å². The third-order valence-corrected chi connectivity index (χ3v) is 6.10. The quantitative estimate of drug-likeness (QED) is 0.637. The van der Waals surface area contributed by atoms with Crippen molar-refractivity contribution in [1.29, 1.82) is 0 Å². The molecule has 1 aromatic heterocycles. The standard InChI is InChI=1S/C23H24ClN3O3/c1-14-2-7-19-20(10-14)26-21(25-19)11-17-13-27(9-8-16(17)12-22(28)29)23(30)15-3-5-18(24)6-4-15/h2-7,10,16-17H,8-9,11-13H2,1H3,(H,25,26)(H,28,29). The van der Waals surface area contributed by atoms with Crippen molar-refractivity contribution in [2.75, 3.05) is 13.1 Å². The number of carboxylic acid groups (broad SMARTS) is 1. The van der Waals surface area contributed by atoms with Crippen LogP contribution in [-0.2, 0) is 11.2 Å². The summed E-state index contributed by atoms with van der Waals surface area (Å²) >= 11 is 5.94. The van der Waals surface area contributed by atoms with E-state index < -0.39 is 5.97 Å². The number of aromatic amines is 1. The van der Waals surface area contributed by atoms with E-state index in [1.165, 1.54) is 0 Å². The second-order valence-corrected chi connectivity index (χ2v) is 8.51. The molecule has 7 heteroatoms. The van der Waals surface area contributed by atoms with Gasteiger partial charge in [-0.2, -0.15) is 0 Å². The zero-order valence-corrected chi connectivity index (χ0v) is 17.5. The fourth-order valence-electron chi connectivity index (χ4n) is 4.29. The maximum Gasteiger partial charge on any atom is 0.303 e. The van der Waals surface area contributed by atoms with Crippen LogP contribution in [-0.4, -0.2) is 44.9 Å². The van der Waals surface area contributed by atoms with Crippen LogP contribution in [0.15, 0.2) is 42.5 Å². The van der Waals surface area contributed by atoms with Gasteiger partial charge in [-0.3, -0.25) is 9.59 Å². The summed E-state index contributed by atoms with van der Waals surface area (Å²) < 4.78 is 0. The molecule has 0 spiro atoms. The highest BCUT2D eigenvalue weighted by Crippen LogP contribution is 2.30. The van der Waals surface area contributed by atoms with E-state index >= 15 is 0 Å². The Hall–Kier alpha value is -2.86. The molecule has 1 saturated heterocycles. The summed E-state index contributed by atoms with van der Waals surface area (Å²) in [5, 5.41) is 9.94. The van der Waals surface area contributed by atoms with E-state index in [9.17, 15) is 14.7 Å². The molecule has 0 aliphatic carbocycles. The Morgan fingerprint density at radius 3 is 2.70 bits per heavy atom. The zero-order chi connectivity index (χ0) is 21.3. The molecule has 1 aliphatic heterocycles. The van der Waals surface area contributed by atoms with E-state index in [4.69, 9.17) is 11.6 Å². The average molecular weight is 426 g/mol. The first-order valence-corrected chi connectivity index (χ1v) is 10.5. The minimum atomic E-state index is -0.803. The van der Waals surface area contributed by atoms with Gasteiger partial charge in [0.15, 0.2) is 0 Å². The molecule has 0 bridgehead atoms. The van der Waals surface area contributed by atoms with Gasteiger partial charge in [-0.1, -0.05) is 17.7 Å². The predicted molar refractivity (Wildman–Crippen MR) is 116 cm³/mol. The summed E-state index contributed by atoms with van der Waals surface area (Å²) in [5.41, 5.74) is 3.62. The molecule has 2 heterocycles. The van der Waals surface area contributed by atoms with Crippen LogP contribution >= 0.6 is 11.6 Å². The van der Waals surface area contributed by atoms with Crippen molar-refractivity contribution in [3.05, 3.63) is 64.4 Å². The fraction of sp³-hybridized carbons (Fsp3) is 0.348. The van der Waals surface area contributed by atoms with Gasteiger partial charge in [-0.05, 0) is 67.1 Å². The molecule has 0 saturated carbocycles. The molecule has 2 N–H and O–H groups in total. The van der Waals surface area contributed by atoms with E-state index in [0.29, 0.717) is 36.5 Å². The molecular formula is C23H24ClN3O3. The monoisotopic (exact) mass is 425 g/mol. The molecule has 0 radical (unpaired) electrons. The Kier molecular flexibility index (Phi) is 5.77. The molecule has 2 aromatic carbocycles. The normalized spacial score (nSPS) is 19.2. The lowest BCUT2D eigenvalue weighted by molar-refractivity contribution is -0.139. The molecule has 3 aromatic rings. The number of benzene rings is 2. The number of halogens is 1. The molecule has 30 heavy (non-hydrogen) atoms. The topological polar surface area (TPSA) is 86.3 Å². The maximum absolute atomic E-state index is 13.0. The van der Waals surface area contributed by atoms with Gasteiger partial charge in [0.05, 0.1) is 11.0 Å². The molecule has 4 rings (SSSR count). The van der Waals surface area contributed by atoms with Gasteiger partial charge in [0, 0.05) is 36.5 Å². The number of H-pyrrole nitrogens is 1. The third kappa shape index (κ3) is 4.49. The number of fused-ring (bicyclic) bond motifs is 1. The lowest BCUT2D eigenvalue weighted by Crippen LogP contribution is -2.45. The Bertz CT molecular complexity index is 1080. The Balaban J connectivity index is 1.54. The number of hydrogen-bond donors (Lipinski definition) is 2. The van der Waals surface area contributed by atoms with Crippen LogP contribution in [0.2, 0.25) is 5.02 Å². The molecule has 156 valence electrons. The second kappa shape index (κ2) is 8.48. The van der Waals surface area contributed by atoms with E-state index in [1.54, 1.807) is 24.3 Å². The highest BCUT2D eigenvalue weighted by Gasteiger charge is 2.33. The van der Waals surface area contributed by atoms with Crippen LogP contribution < -0.4 is 0 Å². The van der Waals surface area contributed by atoms with Gasteiger partial charge >= 0.3 is 5.97 Å². The summed E-state index contributed by atoms with van der Waals surface area (Å²) in [5.74, 6) is 0.00429. The fourth-order valence-corrected chi connectivity index (χ4v) is 4.41. The Morgan fingerprint density at radius 1 is 1.20 bits per heavy atom. The highest BCUT2D eigenvalue weighted by molar-refractivity contribution is 6.30. The van der Waals surface area contributed by atoms with E-state index in [0.717, 1.165) is 22.4 Å². The van der Waals surface area contributed by atoms with Crippen molar-refractivity contribution in [2.45, 2.75) is 26.2 Å². The van der Waals surface area contributed by atoms with Crippen molar-refractivity contribution >= 4 is 34.5 Å². The minimum absolute atomic E-state index is 0.00622. The number of carbonyl (C=O) groups excluding carboxylic acids is 1. The summed E-state index contributed by atoms with van der Waals surface area (Å²) in [6.07, 6.45) is 1.37. The lowest BCUT2D eigenvalue weighted by Gasteiger charge is -2.38. The summed E-state index contributed by atoms with van der Waals surface area (Å²) in [7, 11) is 0. The van der Waals surface area contributed by atoms with Gasteiger partial charge in [-0.15, -0.1) is 0 Å². The van der Waals surface area contributed by atoms with Crippen molar-refractivity contribution in [2.24, 2.45) is 11.8 Å². The van der Waals surface area contributed by atoms with E-state index in [1.807, 2.05) is 24.0 Å². The van der Waals surface area contributed by atoms with Gasteiger partial charge in [0.25, 0.3) is 5.91 Å². The molecule has 2 unspecified atom stereocenters. The first-order valence-electron chi connectivity index (χ1n) is 10.1. The van der Waals surface area contributed by atoms with Crippen LogP contribution in [0.5, 0.6) is 0 Å². The second-order valence-electron chi connectivity index (χ2n) is 8.07. The summed E-state index contributed by atoms with van der Waals surface area (Å²) in [4.78, 5) is 34.2. The molecule has 6 nitrogen and oxygen atoms in total. The molecule has 1 amide bonds. The van der Waals surface area contributed by atoms with Gasteiger partial charge < -0.3 is 15.0 Å². The van der Waals surface area contributed by atoms with E-state index in [2.05, 4.69) is 16.0 Å². The van der Waals surface area contributed by atoms with Crippen LogP contribution in [0, 0.1) is 18.8 Å². The summed E-state index contributed by atoms with van der Waals surface area (Å²) in [6.45, 7) is 3.09. The minimum Gasteiger partial charge on any atom is -0.481 e. The average Bonchev–Trinajstić information content (AvgIpc) is 3.10. The number of hydrogen-bond acceptors (Lipinski definition) is 3. The van der Waals surface area contributed by atoms with Crippen LogP contribution in [0.3, 0.4) is 0 Å². The number of nitrogens with one attached hydrogen (secondary N) is 1. The molecule has 1 aliphatic rings. The van der Waals surface area contributed by atoms with Crippen molar-refractivity contribution in [3.63, 3.8) is 0 Å². The van der Waals surface area contributed by atoms with Crippen LogP contribution in [0.1, 0.15) is 34.6 Å². The number of likely N-dealkylation sites (tertiary alicyclic amines) is 1. The first kappa shape index (κ1) is 20.4. The number of rotatable bonds is 5. The van der Waals surface area contributed by atoms with Crippen LogP contribution in [0.25, 0.3) is 11.0 Å². The number of amides is 1. The molecule has 2 atom stereocenters. The number of aliphatic carboxylic acids is 1. The predicted octanol–water partition coefficient (Wildman–Crippen LogP) is 4.32. The molecule has 1 fully saturated rings. The SMILES string of the molecule is Cc1ccc2nc(CC3CN(C(=O)c4ccc(Cl)cc4)CCC3CC(=O)O)[nH]c2c1. The number of carboxylic acids is 1. The van der Waals surface area contributed by atoms with Crippen LogP contribution in [0.4, 0.5) is 0 Å². The number of aromatic nitrogens is 2. The largest absolute Gasteiger partial charge is 0.481 e. The Labute approximate surface area is 179 Å². The number of imidazole rings is 1. The smallest absolute Gasteiger partial charge is 0.303 e. The first-order chi connectivity index (χ1) is 14.4. The summed E-state index contributed by atoms with van der Waals surface area (Å²) in [6, 6.07) is 12.9. The number of nitrogens with zero attached hydrogens (tertiary/aromatic N) is 2. The maximum atomic E-state index is 13.0. The van der Waals surface area contributed by atoms with Gasteiger partial charge in [-0.25, -0.2) is 4.98 Å². The Morgan fingerprint density at radius 2 is 1.97 bits per heavy atom. The lowest BCUT2D eigenvalue weighted by atomic mass is 9.81. The number of piperidine rings is 1. The zero-order valence-electron chi connectivity index (χ0n) is 16.8. The molecular weight excluding hydrogens is 402 g/mol. The van der Waals surface area contributed by atoms with Crippen molar-refractivity contribution in [1.82, 2.24) is 14.9 Å². The van der Waals surface area contributed by atoms with E-state index in [-0.39, 0.29) is 24.2 Å².